The third kappa shape index (κ3) is 3.20. The molecule has 0 bridgehead atoms. The molecule has 2 aromatic carbocycles. The molecule has 0 aromatic heterocycles. The van der Waals surface area contributed by atoms with Gasteiger partial charge in [0, 0.05) is 0 Å². The van der Waals surface area contributed by atoms with Crippen LogP contribution in [0.25, 0.3) is 0 Å². The van der Waals surface area contributed by atoms with Crippen LogP contribution in [-0.2, 0) is 0 Å². The molecule has 0 aliphatic carbocycles. The summed E-state index contributed by atoms with van der Waals surface area (Å²) in [6.07, 6.45) is 0. The standard InChI is InChI=1S/C12H11Ge.ClH/c1-3-7-11(8-4-1)13-12-9-5-2-6-10-12;/h1-10,13H;1H/q+1;/p-1. The first-order chi connectivity index (χ1) is 6.45. The molecule has 0 saturated heterocycles. The first-order valence-corrected chi connectivity index (χ1v) is 6.82. The van der Waals surface area contributed by atoms with Gasteiger partial charge in [-0.1, -0.05) is 0 Å². The maximum atomic E-state index is 2.23. The van der Waals surface area contributed by atoms with Crippen molar-refractivity contribution in [2.75, 3.05) is 0 Å². The maximum absolute atomic E-state index is 2.23. The van der Waals surface area contributed by atoms with E-state index in [-0.39, 0.29) is 12.4 Å². The number of benzene rings is 2. The van der Waals surface area contributed by atoms with Gasteiger partial charge in [0.2, 0.25) is 0 Å². The summed E-state index contributed by atoms with van der Waals surface area (Å²) in [6.45, 7) is 0. The van der Waals surface area contributed by atoms with Gasteiger partial charge in [0.1, 0.15) is 0 Å². The molecule has 0 nitrogen and oxygen atoms in total. The molecular formula is C12H11ClGe. The molecule has 0 radical (unpaired) electrons. The third-order valence-electron chi connectivity index (χ3n) is 1.93. The molecule has 14 heavy (non-hydrogen) atoms. The molecule has 0 aliphatic rings. The van der Waals surface area contributed by atoms with E-state index in [0.717, 1.165) is 0 Å². The van der Waals surface area contributed by atoms with Crippen LogP contribution in [0.2, 0.25) is 0 Å². The molecule has 0 heterocycles. The summed E-state index contributed by atoms with van der Waals surface area (Å²) in [6, 6.07) is 21.5. The molecule has 0 unspecified atom stereocenters. The monoisotopic (exact) mass is 264 g/mol. The number of rotatable bonds is 2. The van der Waals surface area contributed by atoms with Crippen molar-refractivity contribution in [3.63, 3.8) is 0 Å². The Morgan fingerprint density at radius 1 is 0.571 bits per heavy atom. The number of halogens is 1. The van der Waals surface area contributed by atoms with Gasteiger partial charge < -0.3 is 12.4 Å². The van der Waals surface area contributed by atoms with Crippen LogP contribution in [0.3, 0.4) is 0 Å². The second-order valence-corrected chi connectivity index (χ2v) is 6.37. The fraction of sp³-hybridized carbons (Fsp3) is 0. The molecule has 0 atom stereocenters. The van der Waals surface area contributed by atoms with E-state index in [4.69, 9.17) is 0 Å². The van der Waals surface area contributed by atoms with E-state index in [9.17, 15) is 0 Å². The first-order valence-electron chi connectivity index (χ1n) is 4.40. The van der Waals surface area contributed by atoms with Crippen LogP contribution in [0.4, 0.5) is 0 Å². The van der Waals surface area contributed by atoms with Crippen molar-refractivity contribution in [2.45, 2.75) is 0 Å². The van der Waals surface area contributed by atoms with Gasteiger partial charge in [-0.25, -0.2) is 0 Å². The van der Waals surface area contributed by atoms with Crippen molar-refractivity contribution in [3.05, 3.63) is 60.7 Å². The fourth-order valence-corrected chi connectivity index (χ4v) is 3.84. The van der Waals surface area contributed by atoms with Crippen LogP contribution in [0.15, 0.2) is 60.7 Å². The second kappa shape index (κ2) is 5.89. The van der Waals surface area contributed by atoms with Crippen LogP contribution in [-0.4, -0.2) is 15.4 Å². The quantitative estimate of drug-likeness (QED) is 0.554. The van der Waals surface area contributed by atoms with Crippen molar-refractivity contribution in [1.82, 2.24) is 0 Å². The Labute approximate surface area is 97.2 Å². The molecule has 0 fully saturated rings. The Kier molecular flexibility index (Phi) is 4.77. The van der Waals surface area contributed by atoms with Crippen molar-refractivity contribution >= 4 is 24.2 Å². The van der Waals surface area contributed by atoms with Gasteiger partial charge in [-0.15, -0.1) is 0 Å². The van der Waals surface area contributed by atoms with E-state index in [0.29, 0.717) is 0 Å². The Bertz CT molecular complexity index is 321. The zero-order chi connectivity index (χ0) is 8.93. The van der Waals surface area contributed by atoms with Crippen molar-refractivity contribution in [1.29, 1.82) is 0 Å². The SMILES string of the molecule is [Cl-].c1cc[c]([GeH+][c]2ccccc2)cc1. The van der Waals surface area contributed by atoms with Gasteiger partial charge in [0.25, 0.3) is 0 Å². The number of hydrogen-bond acceptors (Lipinski definition) is 0. The Morgan fingerprint density at radius 2 is 0.929 bits per heavy atom. The van der Waals surface area contributed by atoms with E-state index < -0.39 is 15.4 Å². The van der Waals surface area contributed by atoms with E-state index in [1.807, 2.05) is 0 Å². The molecular weight excluding hydrogens is 252 g/mol. The molecule has 0 N–H and O–H groups in total. The average Bonchev–Trinajstić information content (AvgIpc) is 2.21. The zero-order valence-corrected chi connectivity index (χ0v) is 10.9. The Hall–Kier alpha value is -0.727. The third-order valence-corrected chi connectivity index (χ3v) is 4.95. The first kappa shape index (κ1) is 11.3. The summed E-state index contributed by atoms with van der Waals surface area (Å²) in [5.74, 6) is 0. The summed E-state index contributed by atoms with van der Waals surface area (Å²) < 4.78 is 3.05. The molecule has 70 valence electrons. The van der Waals surface area contributed by atoms with Gasteiger partial charge in [-0.2, -0.15) is 0 Å². The van der Waals surface area contributed by atoms with Gasteiger partial charge in [0.15, 0.2) is 0 Å². The van der Waals surface area contributed by atoms with Gasteiger partial charge in [-0.3, -0.25) is 0 Å². The molecule has 0 spiro atoms. The van der Waals surface area contributed by atoms with Crippen molar-refractivity contribution < 1.29 is 12.4 Å². The zero-order valence-electron chi connectivity index (χ0n) is 7.73. The summed E-state index contributed by atoms with van der Waals surface area (Å²) in [5.41, 5.74) is 0. The van der Waals surface area contributed by atoms with E-state index in [1.165, 1.54) is 8.79 Å². The summed E-state index contributed by atoms with van der Waals surface area (Å²) in [7, 11) is 0. The van der Waals surface area contributed by atoms with E-state index >= 15 is 0 Å². The normalized spacial score (nSPS) is 8.86. The molecule has 0 aliphatic heterocycles. The molecule has 2 aromatic rings. The van der Waals surface area contributed by atoms with E-state index in [2.05, 4.69) is 60.7 Å². The molecule has 0 amide bonds. The fourth-order valence-electron chi connectivity index (χ4n) is 1.29. The minimum absolute atomic E-state index is 0. The van der Waals surface area contributed by atoms with Gasteiger partial charge in [-0.05, 0) is 0 Å². The summed E-state index contributed by atoms with van der Waals surface area (Å²) >= 11 is -0.392. The molecule has 2 heteroatoms. The Morgan fingerprint density at radius 3 is 1.29 bits per heavy atom. The second-order valence-electron chi connectivity index (χ2n) is 2.97. The van der Waals surface area contributed by atoms with Crippen LogP contribution >= 0.6 is 0 Å². The van der Waals surface area contributed by atoms with Crippen molar-refractivity contribution in [3.8, 4) is 0 Å². The van der Waals surface area contributed by atoms with Crippen LogP contribution in [0.1, 0.15) is 0 Å². The molecule has 2 rings (SSSR count). The van der Waals surface area contributed by atoms with Crippen LogP contribution in [0.5, 0.6) is 0 Å². The summed E-state index contributed by atoms with van der Waals surface area (Å²) in [4.78, 5) is 0. The average molecular weight is 263 g/mol. The van der Waals surface area contributed by atoms with Gasteiger partial charge >= 0.3 is 84.9 Å². The molecule has 0 saturated carbocycles. The van der Waals surface area contributed by atoms with Gasteiger partial charge in [0.05, 0.1) is 0 Å². The summed E-state index contributed by atoms with van der Waals surface area (Å²) in [5, 5.41) is 0. The topological polar surface area (TPSA) is 0 Å². The number of hydrogen-bond donors (Lipinski definition) is 0. The predicted octanol–water partition coefficient (Wildman–Crippen LogP) is -1.92. The predicted molar refractivity (Wildman–Crippen MR) is 59.3 cm³/mol. The van der Waals surface area contributed by atoms with Crippen LogP contribution < -0.4 is 21.2 Å². The minimum atomic E-state index is -0.392. The van der Waals surface area contributed by atoms with Crippen molar-refractivity contribution in [2.24, 2.45) is 0 Å². The van der Waals surface area contributed by atoms with Crippen LogP contribution in [0, 0.1) is 0 Å². The van der Waals surface area contributed by atoms with E-state index in [1.54, 1.807) is 0 Å². The Balaban J connectivity index is 0.000000980.